The largest absolute Gasteiger partial charge is 0.263 e. The minimum absolute atomic E-state index is 0.181. The standard InChI is InChI=1S/C17H16BrN/c1-17(2,3)15-8-5-13(6-9-15)4-7-14-10-11-19-12-16(14)18/h5-6,8-12H,1-3H3. The van der Waals surface area contributed by atoms with Crippen LogP contribution < -0.4 is 0 Å². The number of pyridine rings is 1. The highest BCUT2D eigenvalue weighted by molar-refractivity contribution is 9.10. The summed E-state index contributed by atoms with van der Waals surface area (Å²) in [6.07, 6.45) is 3.50. The van der Waals surface area contributed by atoms with Crippen molar-refractivity contribution in [2.75, 3.05) is 0 Å². The van der Waals surface area contributed by atoms with Gasteiger partial charge in [0.2, 0.25) is 0 Å². The quantitative estimate of drug-likeness (QED) is 0.651. The molecule has 0 aliphatic carbocycles. The van der Waals surface area contributed by atoms with Crippen LogP contribution in [-0.4, -0.2) is 4.98 Å². The summed E-state index contributed by atoms with van der Waals surface area (Å²) < 4.78 is 0.925. The smallest absolute Gasteiger partial charge is 0.0515 e. The fraction of sp³-hybridized carbons (Fsp3) is 0.235. The van der Waals surface area contributed by atoms with Gasteiger partial charge in [-0.15, -0.1) is 0 Å². The second-order valence-electron chi connectivity index (χ2n) is 5.43. The van der Waals surface area contributed by atoms with E-state index in [-0.39, 0.29) is 5.41 Å². The minimum Gasteiger partial charge on any atom is -0.263 e. The van der Waals surface area contributed by atoms with E-state index in [2.05, 4.69) is 77.8 Å². The van der Waals surface area contributed by atoms with Crippen molar-refractivity contribution in [2.24, 2.45) is 0 Å². The summed E-state index contributed by atoms with van der Waals surface area (Å²) in [6.45, 7) is 6.63. The lowest BCUT2D eigenvalue weighted by Crippen LogP contribution is -2.10. The molecule has 0 aliphatic heterocycles. The van der Waals surface area contributed by atoms with Crippen LogP contribution in [0.2, 0.25) is 0 Å². The van der Waals surface area contributed by atoms with Gasteiger partial charge in [-0.2, -0.15) is 0 Å². The molecule has 0 saturated heterocycles. The van der Waals surface area contributed by atoms with E-state index < -0.39 is 0 Å². The number of nitrogens with zero attached hydrogens (tertiary/aromatic N) is 1. The summed E-state index contributed by atoms with van der Waals surface area (Å²) in [7, 11) is 0. The fourth-order valence-electron chi connectivity index (χ4n) is 1.67. The lowest BCUT2D eigenvalue weighted by molar-refractivity contribution is 0.590. The van der Waals surface area contributed by atoms with Gasteiger partial charge < -0.3 is 0 Å². The number of hydrogen-bond donors (Lipinski definition) is 0. The molecule has 2 heteroatoms. The Morgan fingerprint density at radius 3 is 2.26 bits per heavy atom. The van der Waals surface area contributed by atoms with Gasteiger partial charge in [-0.05, 0) is 45.1 Å². The number of benzene rings is 1. The summed E-state index contributed by atoms with van der Waals surface area (Å²) in [5.74, 6) is 6.32. The number of aromatic nitrogens is 1. The van der Waals surface area contributed by atoms with E-state index in [1.165, 1.54) is 5.56 Å². The molecule has 0 N–H and O–H groups in total. The van der Waals surface area contributed by atoms with E-state index in [0.717, 1.165) is 15.6 Å². The monoisotopic (exact) mass is 313 g/mol. The Morgan fingerprint density at radius 2 is 1.68 bits per heavy atom. The number of hydrogen-bond acceptors (Lipinski definition) is 1. The molecule has 19 heavy (non-hydrogen) atoms. The zero-order chi connectivity index (χ0) is 13.9. The maximum Gasteiger partial charge on any atom is 0.0515 e. The molecule has 0 unspecified atom stereocenters. The Hall–Kier alpha value is -1.59. The molecule has 0 bridgehead atoms. The Labute approximate surface area is 123 Å². The highest BCUT2D eigenvalue weighted by atomic mass is 79.9. The average molecular weight is 314 g/mol. The third-order valence-corrected chi connectivity index (χ3v) is 3.50. The van der Waals surface area contributed by atoms with Crippen LogP contribution >= 0.6 is 15.9 Å². The van der Waals surface area contributed by atoms with Gasteiger partial charge in [0, 0.05) is 23.5 Å². The van der Waals surface area contributed by atoms with Gasteiger partial charge in [0.25, 0.3) is 0 Å². The van der Waals surface area contributed by atoms with Crippen LogP contribution in [0.1, 0.15) is 37.5 Å². The van der Waals surface area contributed by atoms with Gasteiger partial charge in [-0.1, -0.05) is 44.7 Å². The maximum atomic E-state index is 4.02. The van der Waals surface area contributed by atoms with Crippen molar-refractivity contribution in [3.8, 4) is 11.8 Å². The van der Waals surface area contributed by atoms with Gasteiger partial charge >= 0.3 is 0 Å². The van der Waals surface area contributed by atoms with Crippen molar-refractivity contribution < 1.29 is 0 Å². The molecule has 1 aromatic heterocycles. The third-order valence-electron chi connectivity index (χ3n) is 2.86. The highest BCUT2D eigenvalue weighted by Gasteiger charge is 2.12. The van der Waals surface area contributed by atoms with E-state index in [0.29, 0.717) is 0 Å². The Kier molecular flexibility index (Phi) is 4.07. The molecule has 0 spiro atoms. The Bertz CT molecular complexity index is 625. The predicted molar refractivity (Wildman–Crippen MR) is 83.1 cm³/mol. The van der Waals surface area contributed by atoms with Crippen molar-refractivity contribution in [1.29, 1.82) is 0 Å². The van der Waals surface area contributed by atoms with Crippen LogP contribution in [0.4, 0.5) is 0 Å². The van der Waals surface area contributed by atoms with Crippen molar-refractivity contribution in [1.82, 2.24) is 4.98 Å². The molecule has 96 valence electrons. The molecular weight excluding hydrogens is 298 g/mol. The molecule has 0 amide bonds. The summed E-state index contributed by atoms with van der Waals surface area (Å²) >= 11 is 3.44. The molecule has 0 fully saturated rings. The van der Waals surface area contributed by atoms with Gasteiger partial charge in [0.15, 0.2) is 0 Å². The zero-order valence-electron chi connectivity index (χ0n) is 11.4. The molecule has 1 nitrogen and oxygen atoms in total. The van der Waals surface area contributed by atoms with E-state index in [1.54, 1.807) is 12.4 Å². The second kappa shape index (κ2) is 5.59. The van der Waals surface area contributed by atoms with Crippen molar-refractivity contribution in [2.45, 2.75) is 26.2 Å². The average Bonchev–Trinajstić information content (AvgIpc) is 2.37. The Morgan fingerprint density at radius 1 is 1.00 bits per heavy atom. The van der Waals surface area contributed by atoms with Crippen LogP contribution in [-0.2, 0) is 5.41 Å². The normalized spacial score (nSPS) is 10.7. The van der Waals surface area contributed by atoms with E-state index >= 15 is 0 Å². The topological polar surface area (TPSA) is 12.9 Å². The van der Waals surface area contributed by atoms with E-state index in [9.17, 15) is 0 Å². The fourth-order valence-corrected chi connectivity index (χ4v) is 2.02. The van der Waals surface area contributed by atoms with Gasteiger partial charge in [0.1, 0.15) is 0 Å². The molecule has 0 saturated carbocycles. The van der Waals surface area contributed by atoms with Crippen LogP contribution in [0.5, 0.6) is 0 Å². The minimum atomic E-state index is 0.181. The molecule has 1 aromatic carbocycles. The number of halogens is 1. The molecule has 1 heterocycles. The molecule has 2 aromatic rings. The van der Waals surface area contributed by atoms with Crippen LogP contribution in [0, 0.1) is 11.8 Å². The van der Waals surface area contributed by atoms with Crippen LogP contribution in [0.15, 0.2) is 47.2 Å². The summed E-state index contributed by atoms with van der Waals surface area (Å²) in [5.41, 5.74) is 3.48. The lowest BCUT2D eigenvalue weighted by Gasteiger charge is -2.18. The first kappa shape index (κ1) is 13.8. The summed E-state index contributed by atoms with van der Waals surface area (Å²) in [6, 6.07) is 10.3. The van der Waals surface area contributed by atoms with Gasteiger partial charge in [-0.3, -0.25) is 4.98 Å². The number of rotatable bonds is 0. The second-order valence-corrected chi connectivity index (χ2v) is 6.29. The first-order valence-corrected chi connectivity index (χ1v) is 6.98. The van der Waals surface area contributed by atoms with Crippen molar-refractivity contribution >= 4 is 15.9 Å². The molecular formula is C17H16BrN. The molecule has 2 rings (SSSR count). The maximum absolute atomic E-state index is 4.02. The van der Waals surface area contributed by atoms with Crippen LogP contribution in [0.3, 0.4) is 0 Å². The van der Waals surface area contributed by atoms with E-state index in [1.807, 2.05) is 6.07 Å². The van der Waals surface area contributed by atoms with Crippen molar-refractivity contribution in [3.05, 3.63) is 63.9 Å². The summed E-state index contributed by atoms with van der Waals surface area (Å²) in [5, 5.41) is 0. The first-order chi connectivity index (χ1) is 8.97. The van der Waals surface area contributed by atoms with Gasteiger partial charge in [-0.25, -0.2) is 0 Å². The third kappa shape index (κ3) is 3.68. The SMILES string of the molecule is CC(C)(C)c1ccc(C#Cc2ccncc2Br)cc1. The Balaban J connectivity index is 2.24. The highest BCUT2D eigenvalue weighted by Crippen LogP contribution is 2.22. The zero-order valence-corrected chi connectivity index (χ0v) is 13.0. The molecule has 0 atom stereocenters. The predicted octanol–water partition coefficient (Wildman–Crippen LogP) is 4.54. The van der Waals surface area contributed by atoms with Crippen LogP contribution in [0.25, 0.3) is 0 Å². The van der Waals surface area contributed by atoms with Crippen molar-refractivity contribution in [3.63, 3.8) is 0 Å². The summed E-state index contributed by atoms with van der Waals surface area (Å²) in [4.78, 5) is 4.02. The lowest BCUT2D eigenvalue weighted by atomic mass is 9.87. The van der Waals surface area contributed by atoms with E-state index in [4.69, 9.17) is 0 Å². The molecule has 0 radical (unpaired) electrons. The van der Waals surface area contributed by atoms with Gasteiger partial charge in [0.05, 0.1) is 4.47 Å². The first-order valence-electron chi connectivity index (χ1n) is 6.19. The molecule has 0 aliphatic rings.